The van der Waals surface area contributed by atoms with Crippen LogP contribution in [0.4, 0.5) is 10.8 Å². The van der Waals surface area contributed by atoms with E-state index in [9.17, 15) is 9.59 Å². The highest BCUT2D eigenvalue weighted by Gasteiger charge is 2.11. The number of aliphatic carboxylic acids is 1. The first kappa shape index (κ1) is 24.5. The molecule has 0 saturated heterocycles. The summed E-state index contributed by atoms with van der Waals surface area (Å²) in [5.41, 5.74) is 4.58. The predicted molar refractivity (Wildman–Crippen MR) is 134 cm³/mol. The SMILES string of the molecule is CCC(CC)CCc1ccccc1CNc1ccc(C(=O)Nc2nc(CC(=O)O)cs2)cc1. The summed E-state index contributed by atoms with van der Waals surface area (Å²) in [6.45, 7) is 5.26. The van der Waals surface area contributed by atoms with Gasteiger partial charge in [-0.1, -0.05) is 51.0 Å². The van der Waals surface area contributed by atoms with E-state index < -0.39 is 5.97 Å². The number of amides is 1. The number of hydrogen-bond donors (Lipinski definition) is 3. The van der Waals surface area contributed by atoms with Gasteiger partial charge in [-0.2, -0.15) is 0 Å². The van der Waals surface area contributed by atoms with Crippen molar-refractivity contribution >= 4 is 34.0 Å². The second-order valence-electron chi connectivity index (χ2n) is 8.09. The number of aryl methyl sites for hydroxylation is 1. The lowest BCUT2D eigenvalue weighted by molar-refractivity contribution is -0.136. The van der Waals surface area contributed by atoms with E-state index in [4.69, 9.17) is 5.11 Å². The van der Waals surface area contributed by atoms with Crippen molar-refractivity contribution in [3.05, 3.63) is 76.3 Å². The third-order valence-electron chi connectivity index (χ3n) is 5.83. The van der Waals surface area contributed by atoms with Gasteiger partial charge < -0.3 is 10.4 Å². The second kappa shape index (κ2) is 12.2. The molecule has 6 nitrogen and oxygen atoms in total. The predicted octanol–water partition coefficient (Wildman–Crippen LogP) is 6.00. The quantitative estimate of drug-likeness (QED) is 0.305. The molecule has 0 saturated carbocycles. The van der Waals surface area contributed by atoms with Crippen molar-refractivity contribution in [2.45, 2.75) is 52.5 Å². The number of benzene rings is 2. The van der Waals surface area contributed by atoms with Crippen molar-refractivity contribution in [3.63, 3.8) is 0 Å². The average Bonchev–Trinajstić information content (AvgIpc) is 3.25. The lowest BCUT2D eigenvalue weighted by Crippen LogP contribution is -2.12. The van der Waals surface area contributed by atoms with Crippen molar-refractivity contribution in [1.29, 1.82) is 0 Å². The second-order valence-corrected chi connectivity index (χ2v) is 8.95. The lowest BCUT2D eigenvalue weighted by Gasteiger charge is -2.15. The van der Waals surface area contributed by atoms with E-state index in [0.717, 1.165) is 24.6 Å². The molecule has 7 heteroatoms. The molecule has 0 aliphatic carbocycles. The van der Waals surface area contributed by atoms with Crippen LogP contribution in [0.25, 0.3) is 0 Å². The standard InChI is InChI=1S/C26H31N3O3S/c1-3-18(4-2)9-10-19-7-5-6-8-21(19)16-27-22-13-11-20(12-14-22)25(32)29-26-28-23(17-33-26)15-24(30)31/h5-8,11-14,17-18,27H,3-4,9-10,15-16H2,1-2H3,(H,30,31)(H,28,29,32). The van der Waals surface area contributed by atoms with Gasteiger partial charge in [-0.15, -0.1) is 11.3 Å². The zero-order valence-electron chi connectivity index (χ0n) is 19.1. The summed E-state index contributed by atoms with van der Waals surface area (Å²) in [5, 5.41) is 17.0. The summed E-state index contributed by atoms with van der Waals surface area (Å²) in [6, 6.07) is 15.9. The summed E-state index contributed by atoms with van der Waals surface area (Å²) in [6.07, 6.45) is 4.60. The summed E-state index contributed by atoms with van der Waals surface area (Å²) >= 11 is 1.21. The summed E-state index contributed by atoms with van der Waals surface area (Å²) in [5.74, 6) is -0.447. The van der Waals surface area contributed by atoms with E-state index >= 15 is 0 Å². The normalized spacial score (nSPS) is 10.9. The maximum atomic E-state index is 12.5. The van der Waals surface area contributed by atoms with Crippen LogP contribution in [0.5, 0.6) is 0 Å². The fraction of sp³-hybridized carbons (Fsp3) is 0.346. The Morgan fingerprint density at radius 2 is 1.73 bits per heavy atom. The van der Waals surface area contributed by atoms with Crippen LogP contribution >= 0.6 is 11.3 Å². The molecule has 1 aromatic heterocycles. The topological polar surface area (TPSA) is 91.3 Å². The van der Waals surface area contributed by atoms with Crippen molar-refractivity contribution in [3.8, 4) is 0 Å². The minimum Gasteiger partial charge on any atom is -0.481 e. The molecule has 0 aliphatic rings. The summed E-state index contributed by atoms with van der Waals surface area (Å²) in [7, 11) is 0. The highest BCUT2D eigenvalue weighted by atomic mass is 32.1. The van der Waals surface area contributed by atoms with Crippen LogP contribution in [0.15, 0.2) is 53.9 Å². The number of thiazole rings is 1. The number of carbonyl (C=O) groups is 2. The highest BCUT2D eigenvalue weighted by molar-refractivity contribution is 7.14. The van der Waals surface area contributed by atoms with Crippen LogP contribution < -0.4 is 10.6 Å². The van der Waals surface area contributed by atoms with E-state index in [0.29, 0.717) is 16.4 Å². The van der Waals surface area contributed by atoms with E-state index in [1.807, 2.05) is 12.1 Å². The van der Waals surface area contributed by atoms with Gasteiger partial charge in [-0.25, -0.2) is 4.98 Å². The fourth-order valence-electron chi connectivity index (χ4n) is 3.74. The smallest absolute Gasteiger partial charge is 0.309 e. The van der Waals surface area contributed by atoms with Crippen molar-refractivity contribution < 1.29 is 14.7 Å². The molecule has 3 N–H and O–H groups in total. The van der Waals surface area contributed by atoms with Gasteiger partial charge in [0, 0.05) is 23.2 Å². The zero-order valence-corrected chi connectivity index (χ0v) is 20.0. The molecular formula is C26H31N3O3S. The van der Waals surface area contributed by atoms with Gasteiger partial charge in [-0.05, 0) is 54.2 Å². The molecule has 2 aromatic carbocycles. The molecule has 0 radical (unpaired) electrons. The molecule has 0 atom stereocenters. The van der Waals surface area contributed by atoms with Gasteiger partial charge in [0.15, 0.2) is 5.13 Å². The fourth-order valence-corrected chi connectivity index (χ4v) is 4.44. The van der Waals surface area contributed by atoms with E-state index in [2.05, 4.69) is 53.7 Å². The first-order valence-electron chi connectivity index (χ1n) is 11.4. The Bertz CT molecular complexity index is 1060. The minimum absolute atomic E-state index is 0.159. The molecular weight excluding hydrogens is 434 g/mol. The Labute approximate surface area is 199 Å². The number of rotatable bonds is 12. The van der Waals surface area contributed by atoms with Crippen LogP contribution in [-0.4, -0.2) is 22.0 Å². The summed E-state index contributed by atoms with van der Waals surface area (Å²) in [4.78, 5) is 27.4. The van der Waals surface area contributed by atoms with Gasteiger partial charge >= 0.3 is 5.97 Å². The van der Waals surface area contributed by atoms with E-state index in [1.54, 1.807) is 17.5 Å². The van der Waals surface area contributed by atoms with Crippen LogP contribution in [-0.2, 0) is 24.2 Å². The van der Waals surface area contributed by atoms with Crippen LogP contribution in [0.2, 0.25) is 0 Å². The van der Waals surface area contributed by atoms with Crippen LogP contribution in [0, 0.1) is 5.92 Å². The largest absolute Gasteiger partial charge is 0.481 e. The molecule has 3 rings (SSSR count). The molecule has 0 bridgehead atoms. The zero-order chi connectivity index (χ0) is 23.6. The number of carboxylic acids is 1. The van der Waals surface area contributed by atoms with Gasteiger partial charge in [0.2, 0.25) is 0 Å². The number of carboxylic acid groups (broad SMARTS) is 1. The number of carbonyl (C=O) groups excluding carboxylic acids is 1. The molecule has 174 valence electrons. The van der Waals surface area contributed by atoms with Gasteiger partial charge in [-0.3, -0.25) is 14.9 Å². The molecule has 0 aliphatic heterocycles. The Kier molecular flexibility index (Phi) is 9.01. The monoisotopic (exact) mass is 465 g/mol. The molecule has 33 heavy (non-hydrogen) atoms. The lowest BCUT2D eigenvalue weighted by atomic mass is 9.93. The Morgan fingerprint density at radius 1 is 1.03 bits per heavy atom. The number of nitrogens with zero attached hydrogens (tertiary/aromatic N) is 1. The Hall–Kier alpha value is -3.19. The number of nitrogens with one attached hydrogen (secondary N) is 2. The molecule has 3 aromatic rings. The highest BCUT2D eigenvalue weighted by Crippen LogP contribution is 2.21. The van der Waals surface area contributed by atoms with Gasteiger partial charge in [0.25, 0.3) is 5.91 Å². The molecule has 1 heterocycles. The van der Waals surface area contributed by atoms with E-state index in [-0.39, 0.29) is 12.3 Å². The first-order valence-corrected chi connectivity index (χ1v) is 12.2. The molecule has 0 fully saturated rings. The minimum atomic E-state index is -0.949. The maximum absolute atomic E-state index is 12.5. The van der Waals surface area contributed by atoms with Crippen LogP contribution in [0.1, 0.15) is 60.3 Å². The van der Waals surface area contributed by atoms with Crippen molar-refractivity contribution in [2.24, 2.45) is 5.92 Å². The summed E-state index contributed by atoms with van der Waals surface area (Å²) < 4.78 is 0. The third-order valence-corrected chi connectivity index (χ3v) is 6.64. The van der Waals surface area contributed by atoms with E-state index in [1.165, 1.54) is 41.7 Å². The third kappa shape index (κ3) is 7.43. The van der Waals surface area contributed by atoms with Crippen molar-refractivity contribution in [1.82, 2.24) is 4.98 Å². The average molecular weight is 466 g/mol. The maximum Gasteiger partial charge on any atom is 0.309 e. The van der Waals surface area contributed by atoms with Gasteiger partial charge in [0.1, 0.15) is 0 Å². The Morgan fingerprint density at radius 3 is 2.39 bits per heavy atom. The van der Waals surface area contributed by atoms with Gasteiger partial charge in [0.05, 0.1) is 12.1 Å². The number of aromatic nitrogens is 1. The van der Waals surface area contributed by atoms with Crippen molar-refractivity contribution in [2.75, 3.05) is 10.6 Å². The Balaban J connectivity index is 1.55. The first-order chi connectivity index (χ1) is 16.0. The van der Waals surface area contributed by atoms with Crippen LogP contribution in [0.3, 0.4) is 0 Å². The molecule has 1 amide bonds. The molecule has 0 spiro atoms. The molecule has 0 unspecified atom stereocenters. The number of hydrogen-bond acceptors (Lipinski definition) is 5. The number of anilines is 2.